The van der Waals surface area contributed by atoms with Crippen LogP contribution in [-0.4, -0.2) is 19.1 Å². The van der Waals surface area contributed by atoms with Crippen molar-refractivity contribution in [3.63, 3.8) is 0 Å². The van der Waals surface area contributed by atoms with Gasteiger partial charge in [-0.05, 0) is 60.4 Å². The van der Waals surface area contributed by atoms with Crippen molar-refractivity contribution >= 4 is 27.4 Å². The number of aryl methyl sites for hydroxylation is 1. The molecule has 1 unspecified atom stereocenters. The third kappa shape index (κ3) is 4.26. The molecule has 1 heterocycles. The largest absolute Gasteiger partial charge is 0.384 e. The van der Waals surface area contributed by atoms with Gasteiger partial charge >= 0.3 is 0 Å². The molecule has 0 fully saturated rings. The van der Waals surface area contributed by atoms with Gasteiger partial charge < -0.3 is 5.11 Å². The molecule has 1 aromatic carbocycles. The average Bonchev–Trinajstić information content (AvgIpc) is 2.99. The van der Waals surface area contributed by atoms with Gasteiger partial charge in [-0.2, -0.15) is 11.3 Å². The molecule has 0 saturated carbocycles. The van der Waals surface area contributed by atoms with Gasteiger partial charge in [-0.3, -0.25) is 4.72 Å². The number of benzene rings is 1. The first-order valence-corrected chi connectivity index (χ1v) is 10.1. The van der Waals surface area contributed by atoms with E-state index >= 15 is 0 Å². The Morgan fingerprint density at radius 3 is 2.38 bits per heavy atom. The number of thiophene rings is 1. The van der Waals surface area contributed by atoms with E-state index < -0.39 is 15.6 Å². The molecule has 0 aliphatic rings. The maximum atomic E-state index is 12.7. The summed E-state index contributed by atoms with van der Waals surface area (Å²) in [5.41, 5.74) is 0.788. The van der Waals surface area contributed by atoms with Crippen LogP contribution in [0.15, 0.2) is 51.7 Å². The maximum Gasteiger partial charge on any atom is 0.261 e. The summed E-state index contributed by atoms with van der Waals surface area (Å²) in [5, 5.41) is 14.6. The average molecular weight is 366 g/mol. The second-order valence-corrected chi connectivity index (χ2v) is 8.80. The molecule has 130 valence electrons. The fourth-order valence-corrected chi connectivity index (χ4v) is 3.82. The van der Waals surface area contributed by atoms with Gasteiger partial charge in [-0.15, -0.1) is 0 Å². The predicted molar refractivity (Wildman–Crippen MR) is 99.3 cm³/mol. The van der Waals surface area contributed by atoms with Gasteiger partial charge in [-0.25, -0.2) is 8.42 Å². The summed E-state index contributed by atoms with van der Waals surface area (Å²) >= 11 is 1.51. The van der Waals surface area contributed by atoms with E-state index in [1.807, 2.05) is 37.6 Å². The first-order valence-electron chi connectivity index (χ1n) is 7.69. The monoisotopic (exact) mass is 365 g/mol. The Bertz CT molecular complexity index is 802. The minimum atomic E-state index is -3.77. The van der Waals surface area contributed by atoms with Gasteiger partial charge in [0.15, 0.2) is 0 Å². The van der Waals surface area contributed by atoms with E-state index in [4.69, 9.17) is 0 Å². The Morgan fingerprint density at radius 2 is 1.88 bits per heavy atom. The van der Waals surface area contributed by atoms with Crippen LogP contribution in [0.25, 0.3) is 6.08 Å². The Balaban J connectivity index is 2.43. The van der Waals surface area contributed by atoms with E-state index in [-0.39, 0.29) is 16.5 Å². The van der Waals surface area contributed by atoms with Crippen molar-refractivity contribution in [2.24, 2.45) is 5.92 Å². The van der Waals surface area contributed by atoms with Crippen molar-refractivity contribution in [1.82, 2.24) is 4.72 Å². The lowest BCUT2D eigenvalue weighted by Crippen LogP contribution is -2.42. The molecule has 0 aliphatic carbocycles. The van der Waals surface area contributed by atoms with Gasteiger partial charge in [0.2, 0.25) is 0 Å². The standard InChI is InChI=1S/C18H23NO3S2/c1-13(2)18(4,20)17(11-15-9-10-23-12-15)19-24(21,22)16-7-5-14(3)6-8-16/h5-13,19-20H,1-4H3/b17-11-. The van der Waals surface area contributed by atoms with Gasteiger partial charge in [0.25, 0.3) is 10.0 Å². The van der Waals surface area contributed by atoms with Crippen LogP contribution in [0.2, 0.25) is 0 Å². The molecule has 1 atom stereocenters. The summed E-state index contributed by atoms with van der Waals surface area (Å²) in [5.74, 6) is -0.164. The van der Waals surface area contributed by atoms with Crippen LogP contribution in [0, 0.1) is 12.8 Å². The van der Waals surface area contributed by atoms with Crippen LogP contribution in [0.1, 0.15) is 31.9 Å². The van der Waals surface area contributed by atoms with Gasteiger partial charge in [0, 0.05) is 0 Å². The van der Waals surface area contributed by atoms with Crippen molar-refractivity contribution in [3.05, 3.63) is 57.9 Å². The summed E-state index contributed by atoms with van der Waals surface area (Å²) in [6, 6.07) is 8.49. The zero-order valence-corrected chi connectivity index (χ0v) is 15.9. The van der Waals surface area contributed by atoms with Crippen molar-refractivity contribution in [2.75, 3.05) is 0 Å². The molecule has 2 N–H and O–H groups in total. The smallest absolute Gasteiger partial charge is 0.261 e. The Kier molecular flexibility index (Phi) is 5.52. The topological polar surface area (TPSA) is 66.4 Å². The molecule has 0 radical (unpaired) electrons. The first-order chi connectivity index (χ1) is 11.1. The molecule has 0 spiro atoms. The minimum Gasteiger partial charge on any atom is -0.384 e. The molecule has 2 rings (SSSR count). The van der Waals surface area contributed by atoms with Gasteiger partial charge in [-0.1, -0.05) is 31.5 Å². The maximum absolute atomic E-state index is 12.7. The third-order valence-corrected chi connectivity index (χ3v) is 6.18. The van der Waals surface area contributed by atoms with Crippen molar-refractivity contribution < 1.29 is 13.5 Å². The highest BCUT2D eigenvalue weighted by atomic mass is 32.2. The number of nitrogens with one attached hydrogen (secondary N) is 1. The minimum absolute atomic E-state index is 0.164. The van der Waals surface area contributed by atoms with E-state index in [2.05, 4.69) is 4.72 Å². The lowest BCUT2D eigenvalue weighted by atomic mass is 9.88. The predicted octanol–water partition coefficient (Wildman–Crippen LogP) is 3.78. The molecule has 0 bridgehead atoms. The second-order valence-electron chi connectivity index (χ2n) is 6.34. The molecule has 24 heavy (non-hydrogen) atoms. The molecule has 0 amide bonds. The van der Waals surface area contributed by atoms with E-state index in [0.29, 0.717) is 0 Å². The molecular weight excluding hydrogens is 342 g/mol. The lowest BCUT2D eigenvalue weighted by molar-refractivity contribution is 0.0478. The molecule has 4 nitrogen and oxygen atoms in total. The SMILES string of the molecule is Cc1ccc(S(=O)(=O)N/C(=C\c2ccsc2)C(C)(O)C(C)C)cc1. The quantitative estimate of drug-likeness (QED) is 0.819. The number of hydrogen-bond donors (Lipinski definition) is 2. The van der Waals surface area contributed by atoms with Crippen LogP contribution in [0.4, 0.5) is 0 Å². The van der Waals surface area contributed by atoms with Crippen molar-refractivity contribution in [3.8, 4) is 0 Å². The third-order valence-electron chi connectivity index (χ3n) is 4.10. The molecule has 0 aliphatic heterocycles. The molecule has 0 saturated heterocycles. The number of hydrogen-bond acceptors (Lipinski definition) is 4. The summed E-state index contributed by atoms with van der Waals surface area (Å²) in [4.78, 5) is 0.170. The van der Waals surface area contributed by atoms with Crippen LogP contribution in [-0.2, 0) is 10.0 Å². The fourth-order valence-electron chi connectivity index (χ4n) is 2.03. The summed E-state index contributed by atoms with van der Waals surface area (Å²) in [6.07, 6.45) is 1.68. The highest BCUT2D eigenvalue weighted by Gasteiger charge is 2.33. The summed E-state index contributed by atoms with van der Waals surface area (Å²) in [6.45, 7) is 7.21. The first kappa shape index (κ1) is 18.7. The highest BCUT2D eigenvalue weighted by Crippen LogP contribution is 2.27. The second kappa shape index (κ2) is 7.09. The Hall–Kier alpha value is -1.63. The van der Waals surface area contributed by atoms with Crippen LogP contribution in [0.5, 0.6) is 0 Å². The number of rotatable bonds is 6. The lowest BCUT2D eigenvalue weighted by Gasteiger charge is -2.31. The molecular formula is C18H23NO3S2. The zero-order chi connectivity index (χ0) is 18.0. The van der Waals surface area contributed by atoms with Crippen LogP contribution in [0.3, 0.4) is 0 Å². The van der Waals surface area contributed by atoms with Crippen molar-refractivity contribution in [1.29, 1.82) is 0 Å². The van der Waals surface area contributed by atoms with E-state index in [0.717, 1.165) is 11.1 Å². The molecule has 2 aromatic rings. The summed E-state index contributed by atoms with van der Waals surface area (Å²) < 4.78 is 28.0. The van der Waals surface area contributed by atoms with E-state index in [1.54, 1.807) is 37.3 Å². The number of sulfonamides is 1. The summed E-state index contributed by atoms with van der Waals surface area (Å²) in [7, 11) is -3.77. The number of aliphatic hydroxyl groups is 1. The Morgan fingerprint density at radius 1 is 1.25 bits per heavy atom. The molecule has 1 aromatic heterocycles. The van der Waals surface area contributed by atoms with Crippen LogP contribution < -0.4 is 4.72 Å². The fraction of sp³-hybridized carbons (Fsp3) is 0.333. The van der Waals surface area contributed by atoms with Crippen LogP contribution >= 0.6 is 11.3 Å². The van der Waals surface area contributed by atoms with Gasteiger partial charge in [0.1, 0.15) is 5.60 Å². The van der Waals surface area contributed by atoms with Gasteiger partial charge in [0.05, 0.1) is 10.6 Å². The Labute approximate surface area is 147 Å². The van der Waals surface area contributed by atoms with E-state index in [1.165, 1.54) is 11.3 Å². The molecule has 6 heteroatoms. The zero-order valence-electron chi connectivity index (χ0n) is 14.3. The normalized spacial score (nSPS) is 15.3. The van der Waals surface area contributed by atoms with E-state index in [9.17, 15) is 13.5 Å². The van der Waals surface area contributed by atoms with Crippen molar-refractivity contribution in [2.45, 2.75) is 38.2 Å². The highest BCUT2D eigenvalue weighted by molar-refractivity contribution is 7.89.